The molecule has 0 unspecified atom stereocenters. The molecule has 1 amide bonds. The van der Waals surface area contributed by atoms with Crippen molar-refractivity contribution in [3.8, 4) is 0 Å². The second-order valence-electron chi connectivity index (χ2n) is 9.39. The van der Waals surface area contributed by atoms with Crippen LogP contribution < -0.4 is 0 Å². The van der Waals surface area contributed by atoms with Crippen molar-refractivity contribution in [3.05, 3.63) is 40.0 Å². The van der Waals surface area contributed by atoms with Gasteiger partial charge in [0.15, 0.2) is 0 Å². The largest absolute Gasteiger partial charge is 0.336 e. The van der Waals surface area contributed by atoms with Crippen LogP contribution >= 0.6 is 0 Å². The lowest BCUT2D eigenvalue weighted by atomic mass is 9.53. The minimum Gasteiger partial charge on any atom is -0.336 e. The lowest BCUT2D eigenvalue weighted by Crippen LogP contribution is -2.52. The summed E-state index contributed by atoms with van der Waals surface area (Å²) in [7, 11) is 3.45. The zero-order valence-corrected chi connectivity index (χ0v) is 16.8. The van der Waals surface area contributed by atoms with E-state index < -0.39 is 10.8 Å². The summed E-state index contributed by atoms with van der Waals surface area (Å²) in [4.78, 5) is 25.8. The highest BCUT2D eigenvalue weighted by Crippen LogP contribution is 2.58. The topological polar surface area (TPSA) is 99.1 Å². The van der Waals surface area contributed by atoms with Gasteiger partial charge in [-0.25, -0.2) is 0 Å². The summed E-state index contributed by atoms with van der Waals surface area (Å²) < 4.78 is 3.46. The lowest BCUT2D eigenvalue weighted by molar-refractivity contribution is -0.385. The molecule has 4 fully saturated rings. The van der Waals surface area contributed by atoms with Crippen molar-refractivity contribution in [2.24, 2.45) is 24.8 Å². The minimum absolute atomic E-state index is 0.0582. The highest BCUT2D eigenvalue weighted by Gasteiger charge is 2.53. The van der Waals surface area contributed by atoms with Crippen LogP contribution in [0.3, 0.4) is 0 Å². The molecule has 0 saturated heterocycles. The first-order valence-electron chi connectivity index (χ1n) is 10.3. The quantitative estimate of drug-likeness (QED) is 0.570. The fourth-order valence-electron chi connectivity index (χ4n) is 6.32. The molecule has 4 bridgehead atoms. The van der Waals surface area contributed by atoms with E-state index in [2.05, 4.69) is 10.2 Å². The van der Waals surface area contributed by atoms with Crippen molar-refractivity contribution in [1.82, 2.24) is 24.5 Å². The van der Waals surface area contributed by atoms with Gasteiger partial charge in [-0.05, 0) is 56.3 Å². The third-order valence-electron chi connectivity index (χ3n) is 7.11. The maximum Gasteiger partial charge on any atom is 0.320 e. The Hall–Kier alpha value is -2.71. The number of nitrogens with zero attached hydrogens (tertiary/aromatic N) is 6. The van der Waals surface area contributed by atoms with Crippen LogP contribution in [0.15, 0.2) is 18.6 Å². The van der Waals surface area contributed by atoms with Crippen LogP contribution in [0.4, 0.5) is 5.69 Å². The van der Waals surface area contributed by atoms with E-state index in [1.165, 1.54) is 30.4 Å². The number of hydrogen-bond acceptors (Lipinski definition) is 5. The summed E-state index contributed by atoms with van der Waals surface area (Å²) in [6.45, 7) is 0.327. The molecule has 9 heteroatoms. The molecule has 0 atom stereocenters. The van der Waals surface area contributed by atoms with Gasteiger partial charge in [0.05, 0.1) is 16.7 Å². The number of carbonyl (C=O) groups excluding carboxylic acids is 1. The maximum absolute atomic E-state index is 13.0. The van der Waals surface area contributed by atoms with Crippen LogP contribution in [-0.2, 0) is 19.1 Å². The van der Waals surface area contributed by atoms with E-state index in [1.807, 2.05) is 13.2 Å². The van der Waals surface area contributed by atoms with E-state index in [1.54, 1.807) is 22.6 Å². The second kappa shape index (κ2) is 6.40. The summed E-state index contributed by atoms with van der Waals surface area (Å²) in [6.07, 6.45) is 11.9. The minimum atomic E-state index is -0.477. The van der Waals surface area contributed by atoms with E-state index >= 15 is 0 Å². The number of rotatable bonds is 5. The molecule has 0 radical (unpaired) electrons. The second-order valence-corrected chi connectivity index (χ2v) is 9.39. The van der Waals surface area contributed by atoms with E-state index in [4.69, 9.17) is 0 Å². The number of amides is 1. The van der Waals surface area contributed by atoms with E-state index in [0.29, 0.717) is 24.3 Å². The first-order valence-corrected chi connectivity index (χ1v) is 10.3. The van der Waals surface area contributed by atoms with Gasteiger partial charge in [-0.1, -0.05) is 0 Å². The fraction of sp³-hybridized carbons (Fsp3) is 0.650. The predicted octanol–water partition coefficient (Wildman–Crippen LogP) is 2.72. The molecule has 4 aliphatic carbocycles. The molecule has 29 heavy (non-hydrogen) atoms. The summed E-state index contributed by atoms with van der Waals surface area (Å²) in [5.74, 6) is 1.65. The Bertz CT molecular complexity index is 941. The number of hydrogen-bond donors (Lipinski definition) is 0. The summed E-state index contributed by atoms with van der Waals surface area (Å²) in [5, 5.41) is 20.4. The molecule has 0 N–H and O–H groups in total. The molecular formula is C20H26N6O3. The fourth-order valence-corrected chi connectivity index (χ4v) is 6.32. The number of aromatic nitrogens is 4. The van der Waals surface area contributed by atoms with Crippen molar-refractivity contribution in [3.63, 3.8) is 0 Å². The predicted molar refractivity (Wildman–Crippen MR) is 104 cm³/mol. The van der Waals surface area contributed by atoms with Crippen molar-refractivity contribution in [1.29, 1.82) is 0 Å². The lowest BCUT2D eigenvalue weighted by Gasteiger charge is -2.56. The highest BCUT2D eigenvalue weighted by atomic mass is 16.6. The normalized spacial score (nSPS) is 29.9. The molecule has 0 aromatic carbocycles. The van der Waals surface area contributed by atoms with Gasteiger partial charge in [-0.2, -0.15) is 10.2 Å². The number of carbonyl (C=O) groups is 1. The van der Waals surface area contributed by atoms with Crippen LogP contribution in [0, 0.1) is 27.9 Å². The third kappa shape index (κ3) is 3.03. The summed E-state index contributed by atoms with van der Waals surface area (Å²) >= 11 is 0. The van der Waals surface area contributed by atoms with E-state index in [-0.39, 0.29) is 16.9 Å². The van der Waals surface area contributed by atoms with Crippen LogP contribution in [0.25, 0.3) is 0 Å². The van der Waals surface area contributed by atoms with Crippen molar-refractivity contribution < 1.29 is 9.72 Å². The van der Waals surface area contributed by atoms with E-state index in [9.17, 15) is 14.9 Å². The summed E-state index contributed by atoms with van der Waals surface area (Å²) in [6, 6.07) is 0. The molecular weight excluding hydrogens is 372 g/mol. The first-order chi connectivity index (χ1) is 13.8. The Kier molecular flexibility index (Phi) is 4.04. The van der Waals surface area contributed by atoms with Crippen LogP contribution in [0.1, 0.15) is 54.6 Å². The van der Waals surface area contributed by atoms with Crippen LogP contribution in [-0.4, -0.2) is 42.3 Å². The zero-order valence-electron chi connectivity index (χ0n) is 16.8. The Balaban J connectivity index is 1.45. The monoisotopic (exact) mass is 398 g/mol. The molecule has 2 heterocycles. The van der Waals surface area contributed by atoms with Crippen LogP contribution in [0.5, 0.6) is 0 Å². The highest BCUT2D eigenvalue weighted by molar-refractivity contribution is 5.95. The standard InChI is InChI=1S/C20H26N6O3/c1-23(10-16-9-21-24(2)11-16)19(27)18-17(26(28)29)12-25(22-18)20-6-13-3-14(7-20)5-15(4-13)8-20/h9,11-15H,3-8,10H2,1-2H3. The third-order valence-corrected chi connectivity index (χ3v) is 7.11. The molecule has 4 saturated carbocycles. The van der Waals surface area contributed by atoms with Gasteiger partial charge in [0.1, 0.15) is 6.20 Å². The smallest absolute Gasteiger partial charge is 0.320 e. The molecule has 9 nitrogen and oxygen atoms in total. The molecule has 154 valence electrons. The van der Waals surface area contributed by atoms with Gasteiger partial charge in [0.25, 0.3) is 5.91 Å². The average Bonchev–Trinajstić information content (AvgIpc) is 3.27. The van der Waals surface area contributed by atoms with Crippen molar-refractivity contribution in [2.75, 3.05) is 7.05 Å². The van der Waals surface area contributed by atoms with Gasteiger partial charge in [0, 0.05) is 32.4 Å². The van der Waals surface area contributed by atoms with E-state index in [0.717, 1.165) is 24.8 Å². The van der Waals surface area contributed by atoms with Crippen molar-refractivity contribution in [2.45, 2.75) is 50.6 Å². The number of aryl methyl sites for hydroxylation is 1. The molecule has 6 rings (SSSR count). The first kappa shape index (κ1) is 18.3. The Morgan fingerprint density at radius 2 is 1.86 bits per heavy atom. The van der Waals surface area contributed by atoms with Gasteiger partial charge >= 0.3 is 5.69 Å². The average molecular weight is 398 g/mol. The maximum atomic E-state index is 13.0. The summed E-state index contributed by atoms with van der Waals surface area (Å²) in [5.41, 5.74) is 0.465. The van der Waals surface area contributed by atoms with Crippen LogP contribution in [0.2, 0.25) is 0 Å². The Morgan fingerprint density at radius 3 is 2.38 bits per heavy atom. The van der Waals surface area contributed by atoms with Gasteiger partial charge in [0.2, 0.25) is 5.69 Å². The molecule has 4 aliphatic rings. The molecule has 2 aromatic heterocycles. The van der Waals surface area contributed by atoms with Gasteiger partial charge in [-0.3, -0.25) is 24.3 Å². The zero-order chi connectivity index (χ0) is 20.3. The molecule has 0 spiro atoms. The Morgan fingerprint density at radius 1 is 1.24 bits per heavy atom. The van der Waals surface area contributed by atoms with Gasteiger partial charge < -0.3 is 4.90 Å². The molecule has 2 aromatic rings. The van der Waals surface area contributed by atoms with Crippen molar-refractivity contribution >= 4 is 11.6 Å². The Labute approximate surface area is 168 Å². The number of nitro groups is 1. The van der Waals surface area contributed by atoms with Gasteiger partial charge in [-0.15, -0.1) is 0 Å². The SMILES string of the molecule is CN(Cc1cnn(C)c1)C(=O)c1nn(C23CC4CC(CC(C4)C2)C3)cc1[N+](=O)[O-]. The molecule has 0 aliphatic heterocycles.